The number of amides is 2. The van der Waals surface area contributed by atoms with Crippen LogP contribution in [0.2, 0.25) is 0 Å². The van der Waals surface area contributed by atoms with Crippen molar-refractivity contribution in [3.05, 3.63) is 53.6 Å². The lowest BCUT2D eigenvalue weighted by atomic mass is 9.95. The van der Waals surface area contributed by atoms with Gasteiger partial charge < -0.3 is 10.2 Å². The number of nitrogens with zero attached hydrogens (tertiary/aromatic N) is 1. The summed E-state index contributed by atoms with van der Waals surface area (Å²) in [4.78, 5) is 26.8. The number of fused-ring (bicyclic) bond motifs is 1. The molecule has 0 saturated heterocycles. The van der Waals surface area contributed by atoms with Gasteiger partial charge in [0.2, 0.25) is 5.91 Å². The van der Waals surface area contributed by atoms with E-state index < -0.39 is 0 Å². The Balaban J connectivity index is 1.47. The second kappa shape index (κ2) is 8.40. The van der Waals surface area contributed by atoms with Crippen molar-refractivity contribution in [1.82, 2.24) is 5.32 Å². The Morgan fingerprint density at radius 1 is 0.966 bits per heavy atom. The van der Waals surface area contributed by atoms with Gasteiger partial charge >= 0.3 is 0 Å². The molecule has 0 spiro atoms. The summed E-state index contributed by atoms with van der Waals surface area (Å²) in [7, 11) is 0. The lowest BCUT2D eigenvalue weighted by molar-refractivity contribution is -0.121. The molecule has 0 radical (unpaired) electrons. The average molecular weight is 391 g/mol. The number of carbonyl (C=O) groups excluding carboxylic acids is 2. The van der Waals surface area contributed by atoms with Crippen LogP contribution in [-0.4, -0.2) is 24.4 Å². The van der Waals surface area contributed by atoms with E-state index in [1.54, 1.807) is 0 Å². The molecule has 1 heterocycles. The maximum Gasteiger partial charge on any atom is 0.251 e. The minimum Gasteiger partial charge on any atom is -0.349 e. The van der Waals surface area contributed by atoms with Crippen molar-refractivity contribution in [3.8, 4) is 11.1 Å². The highest BCUT2D eigenvalue weighted by atomic mass is 16.2. The van der Waals surface area contributed by atoms with Crippen molar-refractivity contribution in [1.29, 1.82) is 0 Å². The first-order valence-electron chi connectivity index (χ1n) is 10.9. The van der Waals surface area contributed by atoms with Gasteiger partial charge in [-0.1, -0.05) is 51.3 Å². The molecule has 1 aliphatic heterocycles. The van der Waals surface area contributed by atoms with E-state index in [9.17, 15) is 9.59 Å². The van der Waals surface area contributed by atoms with Crippen molar-refractivity contribution < 1.29 is 9.59 Å². The SMILES string of the molecule is CC(C)C(=O)N1CCc2cc(-c3ccc(C(=O)NC4CCCCC4)cc3)ccc21. The topological polar surface area (TPSA) is 49.4 Å². The molecule has 4 rings (SSSR count). The molecule has 1 fully saturated rings. The van der Waals surface area contributed by atoms with Crippen molar-refractivity contribution in [2.45, 2.75) is 58.4 Å². The maximum absolute atomic E-state index is 12.5. The largest absolute Gasteiger partial charge is 0.349 e. The molecule has 152 valence electrons. The summed E-state index contributed by atoms with van der Waals surface area (Å²) >= 11 is 0. The molecule has 4 nitrogen and oxygen atoms in total. The molecular weight excluding hydrogens is 360 g/mol. The molecule has 2 aromatic rings. The van der Waals surface area contributed by atoms with E-state index in [4.69, 9.17) is 0 Å². The van der Waals surface area contributed by atoms with E-state index in [0.717, 1.165) is 42.6 Å². The Labute approximate surface area is 173 Å². The fraction of sp³-hybridized carbons (Fsp3) is 0.440. The van der Waals surface area contributed by atoms with Gasteiger partial charge in [-0.3, -0.25) is 9.59 Å². The Bertz CT molecular complexity index is 896. The molecule has 1 N–H and O–H groups in total. The summed E-state index contributed by atoms with van der Waals surface area (Å²) in [6.45, 7) is 4.65. The van der Waals surface area contributed by atoms with Gasteiger partial charge in [0.1, 0.15) is 0 Å². The van der Waals surface area contributed by atoms with Crippen LogP contribution in [0.4, 0.5) is 5.69 Å². The van der Waals surface area contributed by atoms with Crippen LogP contribution in [0.3, 0.4) is 0 Å². The first-order valence-corrected chi connectivity index (χ1v) is 10.9. The third-order valence-electron chi connectivity index (χ3n) is 6.16. The Kier molecular flexibility index (Phi) is 5.70. The monoisotopic (exact) mass is 390 g/mol. The zero-order valence-corrected chi connectivity index (χ0v) is 17.4. The molecule has 0 unspecified atom stereocenters. The van der Waals surface area contributed by atoms with Crippen LogP contribution in [0.5, 0.6) is 0 Å². The minimum atomic E-state index is 0.00734. The summed E-state index contributed by atoms with van der Waals surface area (Å²) < 4.78 is 0. The van der Waals surface area contributed by atoms with Gasteiger partial charge in [0, 0.05) is 29.8 Å². The van der Waals surface area contributed by atoms with E-state index in [1.807, 2.05) is 43.0 Å². The molecule has 0 bridgehead atoms. The van der Waals surface area contributed by atoms with Crippen molar-refractivity contribution in [3.63, 3.8) is 0 Å². The predicted molar refractivity (Wildman–Crippen MR) is 117 cm³/mol. The molecule has 1 aliphatic carbocycles. The average Bonchev–Trinajstić information content (AvgIpc) is 3.17. The van der Waals surface area contributed by atoms with Crippen LogP contribution in [0.15, 0.2) is 42.5 Å². The number of hydrogen-bond donors (Lipinski definition) is 1. The quantitative estimate of drug-likeness (QED) is 0.802. The van der Waals surface area contributed by atoms with Crippen LogP contribution in [-0.2, 0) is 11.2 Å². The van der Waals surface area contributed by atoms with Crippen LogP contribution < -0.4 is 10.2 Å². The highest BCUT2D eigenvalue weighted by Gasteiger charge is 2.26. The fourth-order valence-electron chi connectivity index (χ4n) is 4.45. The molecular formula is C25H30N2O2. The summed E-state index contributed by atoms with van der Waals surface area (Å²) in [5.41, 5.74) is 5.19. The molecule has 0 atom stereocenters. The lowest BCUT2D eigenvalue weighted by Gasteiger charge is -2.22. The van der Waals surface area contributed by atoms with Gasteiger partial charge in [-0.15, -0.1) is 0 Å². The fourth-order valence-corrected chi connectivity index (χ4v) is 4.45. The van der Waals surface area contributed by atoms with Crippen LogP contribution in [0.1, 0.15) is 61.9 Å². The molecule has 2 aliphatic rings. The summed E-state index contributed by atoms with van der Waals surface area (Å²) in [6, 6.07) is 14.5. The van der Waals surface area contributed by atoms with E-state index in [-0.39, 0.29) is 17.7 Å². The normalized spacial score (nSPS) is 16.7. The summed E-state index contributed by atoms with van der Waals surface area (Å²) in [5, 5.41) is 3.18. The van der Waals surface area contributed by atoms with E-state index >= 15 is 0 Å². The third kappa shape index (κ3) is 4.21. The molecule has 0 aromatic heterocycles. The Hall–Kier alpha value is -2.62. The van der Waals surface area contributed by atoms with Gasteiger partial charge in [0.25, 0.3) is 5.91 Å². The minimum absolute atomic E-state index is 0.00734. The maximum atomic E-state index is 12.5. The summed E-state index contributed by atoms with van der Waals surface area (Å²) in [6.07, 6.45) is 6.78. The first kappa shape index (κ1) is 19.7. The third-order valence-corrected chi connectivity index (χ3v) is 6.16. The Morgan fingerprint density at radius 3 is 2.34 bits per heavy atom. The van der Waals surface area contributed by atoms with Crippen molar-refractivity contribution in [2.24, 2.45) is 5.92 Å². The van der Waals surface area contributed by atoms with E-state index in [2.05, 4.69) is 23.5 Å². The summed E-state index contributed by atoms with van der Waals surface area (Å²) in [5.74, 6) is 0.220. The van der Waals surface area contributed by atoms with E-state index in [0.29, 0.717) is 11.6 Å². The Morgan fingerprint density at radius 2 is 1.66 bits per heavy atom. The van der Waals surface area contributed by atoms with Gasteiger partial charge in [-0.2, -0.15) is 0 Å². The van der Waals surface area contributed by atoms with Crippen molar-refractivity contribution >= 4 is 17.5 Å². The number of benzene rings is 2. The number of hydrogen-bond acceptors (Lipinski definition) is 2. The van der Waals surface area contributed by atoms with Gasteiger partial charge in [-0.05, 0) is 60.2 Å². The predicted octanol–water partition coefficient (Wildman–Crippen LogP) is 4.96. The second-order valence-electron chi connectivity index (χ2n) is 8.62. The molecule has 29 heavy (non-hydrogen) atoms. The second-order valence-corrected chi connectivity index (χ2v) is 8.62. The first-order chi connectivity index (χ1) is 14.0. The van der Waals surface area contributed by atoms with Crippen molar-refractivity contribution in [2.75, 3.05) is 11.4 Å². The molecule has 2 amide bonds. The van der Waals surface area contributed by atoms with Gasteiger partial charge in [0.05, 0.1) is 0 Å². The molecule has 4 heteroatoms. The number of nitrogens with one attached hydrogen (secondary N) is 1. The van der Waals surface area contributed by atoms with Gasteiger partial charge in [0.15, 0.2) is 0 Å². The highest BCUT2D eigenvalue weighted by Crippen LogP contribution is 2.33. The molecule has 1 saturated carbocycles. The highest BCUT2D eigenvalue weighted by molar-refractivity contribution is 5.97. The lowest BCUT2D eigenvalue weighted by Crippen LogP contribution is -2.36. The van der Waals surface area contributed by atoms with E-state index in [1.165, 1.54) is 24.8 Å². The molecule has 2 aromatic carbocycles. The smallest absolute Gasteiger partial charge is 0.251 e. The number of rotatable bonds is 4. The number of carbonyl (C=O) groups is 2. The zero-order chi connectivity index (χ0) is 20.4. The van der Waals surface area contributed by atoms with Gasteiger partial charge in [-0.25, -0.2) is 0 Å². The van der Waals surface area contributed by atoms with Crippen LogP contribution in [0, 0.1) is 5.92 Å². The standard InChI is InChI=1S/C25H30N2O2/c1-17(2)25(29)27-15-14-21-16-20(12-13-23(21)27)18-8-10-19(11-9-18)24(28)26-22-6-4-3-5-7-22/h8-13,16-17,22H,3-7,14-15H2,1-2H3,(H,26,28). The number of anilines is 1. The zero-order valence-electron chi connectivity index (χ0n) is 17.4. The van der Waals surface area contributed by atoms with Crippen LogP contribution in [0.25, 0.3) is 11.1 Å². The van der Waals surface area contributed by atoms with Crippen LogP contribution >= 0.6 is 0 Å².